The molecule has 0 aromatic heterocycles. The largest absolute Gasteiger partial charge is 0.391 e. The number of hydrogen-bond acceptors (Lipinski definition) is 3. The fourth-order valence-corrected chi connectivity index (χ4v) is 0.632. The van der Waals surface area contributed by atoms with Crippen LogP contribution in [0.3, 0.4) is 0 Å². The highest BCUT2D eigenvalue weighted by atomic mass is 16.4. The van der Waals surface area contributed by atoms with Crippen molar-refractivity contribution in [3.63, 3.8) is 0 Å². The third-order valence-electron chi connectivity index (χ3n) is 1.30. The van der Waals surface area contributed by atoms with Crippen LogP contribution in [0.5, 0.6) is 0 Å². The molecular weight excluding hydrogens is 132 g/mol. The Morgan fingerprint density at radius 2 is 1.90 bits per heavy atom. The van der Waals surface area contributed by atoms with Gasteiger partial charge in [-0.25, -0.2) is 0 Å². The van der Waals surface area contributed by atoms with Crippen LogP contribution < -0.4 is 0 Å². The topological polar surface area (TPSA) is 60.7 Å². The van der Waals surface area contributed by atoms with Gasteiger partial charge in [0.25, 0.3) is 0 Å². The van der Waals surface area contributed by atoms with Crippen molar-refractivity contribution in [2.24, 2.45) is 0 Å². The summed E-state index contributed by atoms with van der Waals surface area (Å²) in [7, 11) is 0. The summed E-state index contributed by atoms with van der Waals surface area (Å²) in [6.07, 6.45) is -1.08. The zero-order valence-corrected chi connectivity index (χ0v) is 6.07. The number of aliphatic hydroxyl groups excluding tert-OH is 3. The fourth-order valence-electron chi connectivity index (χ4n) is 0.632. The molecule has 0 aliphatic rings. The standard InChI is InChI=1S/C7H14O3/c1-3-4-6(9)7(10)5(2)8/h3,5-10H,1,4H2,2H3/t5-,6-,7+/m1/s1. The van der Waals surface area contributed by atoms with Gasteiger partial charge in [-0.05, 0) is 13.3 Å². The van der Waals surface area contributed by atoms with Crippen LogP contribution in [0.1, 0.15) is 13.3 Å². The molecule has 3 heteroatoms. The lowest BCUT2D eigenvalue weighted by molar-refractivity contribution is -0.0499. The lowest BCUT2D eigenvalue weighted by Crippen LogP contribution is -2.34. The summed E-state index contributed by atoms with van der Waals surface area (Å²) in [5.41, 5.74) is 0. The van der Waals surface area contributed by atoms with Gasteiger partial charge in [-0.3, -0.25) is 0 Å². The van der Waals surface area contributed by atoms with Crippen LogP contribution in [0, 0.1) is 0 Å². The minimum atomic E-state index is -1.07. The SMILES string of the molecule is C=CC[C@@H](O)[C@@H](O)[C@@H](C)O. The third-order valence-corrected chi connectivity index (χ3v) is 1.30. The van der Waals surface area contributed by atoms with Crippen LogP contribution >= 0.6 is 0 Å². The Morgan fingerprint density at radius 1 is 1.40 bits per heavy atom. The molecule has 0 fully saturated rings. The maximum absolute atomic E-state index is 9.01. The molecule has 0 heterocycles. The smallest absolute Gasteiger partial charge is 0.106 e. The van der Waals surface area contributed by atoms with Crippen molar-refractivity contribution >= 4 is 0 Å². The van der Waals surface area contributed by atoms with Crippen LogP contribution in [-0.4, -0.2) is 33.6 Å². The average Bonchev–Trinajstić information content (AvgIpc) is 1.87. The minimum absolute atomic E-state index is 0.298. The molecule has 3 nitrogen and oxygen atoms in total. The van der Waals surface area contributed by atoms with Crippen molar-refractivity contribution in [3.05, 3.63) is 12.7 Å². The molecule has 0 aliphatic heterocycles. The van der Waals surface area contributed by atoms with Crippen molar-refractivity contribution in [3.8, 4) is 0 Å². The van der Waals surface area contributed by atoms with Crippen molar-refractivity contribution in [2.45, 2.75) is 31.7 Å². The second kappa shape index (κ2) is 4.44. The summed E-state index contributed by atoms with van der Waals surface area (Å²) in [5.74, 6) is 0. The summed E-state index contributed by atoms with van der Waals surface area (Å²) >= 11 is 0. The van der Waals surface area contributed by atoms with Gasteiger partial charge in [0.1, 0.15) is 6.10 Å². The van der Waals surface area contributed by atoms with E-state index < -0.39 is 18.3 Å². The quantitative estimate of drug-likeness (QED) is 0.476. The molecule has 0 aromatic rings. The van der Waals surface area contributed by atoms with E-state index in [0.29, 0.717) is 6.42 Å². The maximum Gasteiger partial charge on any atom is 0.106 e. The first-order chi connectivity index (χ1) is 4.59. The maximum atomic E-state index is 9.01. The molecule has 0 saturated carbocycles. The van der Waals surface area contributed by atoms with Crippen LogP contribution in [0.4, 0.5) is 0 Å². The Morgan fingerprint density at radius 3 is 2.20 bits per heavy atom. The first-order valence-corrected chi connectivity index (χ1v) is 3.24. The molecule has 0 saturated heterocycles. The molecule has 0 unspecified atom stereocenters. The van der Waals surface area contributed by atoms with Crippen LogP contribution in [0.2, 0.25) is 0 Å². The van der Waals surface area contributed by atoms with E-state index in [1.165, 1.54) is 13.0 Å². The fraction of sp³-hybridized carbons (Fsp3) is 0.714. The Labute approximate surface area is 60.6 Å². The second-order valence-electron chi connectivity index (χ2n) is 2.32. The van der Waals surface area contributed by atoms with Gasteiger partial charge in [0.05, 0.1) is 12.2 Å². The van der Waals surface area contributed by atoms with E-state index in [0.717, 1.165) is 0 Å². The van der Waals surface area contributed by atoms with Crippen molar-refractivity contribution in [2.75, 3.05) is 0 Å². The molecule has 0 rings (SSSR count). The van der Waals surface area contributed by atoms with Crippen molar-refractivity contribution in [1.82, 2.24) is 0 Å². The van der Waals surface area contributed by atoms with E-state index in [4.69, 9.17) is 15.3 Å². The lowest BCUT2D eigenvalue weighted by Gasteiger charge is -2.18. The average molecular weight is 146 g/mol. The Kier molecular flexibility index (Phi) is 4.27. The Hall–Kier alpha value is -0.380. The van der Waals surface area contributed by atoms with Crippen LogP contribution in [0.25, 0.3) is 0 Å². The molecule has 0 radical (unpaired) electrons. The second-order valence-corrected chi connectivity index (χ2v) is 2.32. The van der Waals surface area contributed by atoms with Crippen LogP contribution in [-0.2, 0) is 0 Å². The van der Waals surface area contributed by atoms with Gasteiger partial charge in [0.15, 0.2) is 0 Å². The van der Waals surface area contributed by atoms with E-state index in [2.05, 4.69) is 6.58 Å². The van der Waals surface area contributed by atoms with Gasteiger partial charge < -0.3 is 15.3 Å². The molecule has 0 spiro atoms. The van der Waals surface area contributed by atoms with Gasteiger partial charge in [0.2, 0.25) is 0 Å². The summed E-state index contributed by atoms with van der Waals surface area (Å²) < 4.78 is 0. The van der Waals surface area contributed by atoms with Gasteiger partial charge in [0, 0.05) is 0 Å². The summed E-state index contributed by atoms with van der Waals surface area (Å²) in [6, 6.07) is 0. The van der Waals surface area contributed by atoms with E-state index >= 15 is 0 Å². The zero-order chi connectivity index (χ0) is 8.15. The van der Waals surface area contributed by atoms with E-state index in [9.17, 15) is 0 Å². The first kappa shape index (κ1) is 9.62. The van der Waals surface area contributed by atoms with E-state index in [-0.39, 0.29) is 0 Å². The highest BCUT2D eigenvalue weighted by molar-refractivity contribution is 4.79. The summed E-state index contributed by atoms with van der Waals surface area (Å²) in [6.45, 7) is 4.82. The molecule has 0 aliphatic carbocycles. The third kappa shape index (κ3) is 2.96. The minimum Gasteiger partial charge on any atom is -0.391 e. The monoisotopic (exact) mass is 146 g/mol. The predicted octanol–water partition coefficient (Wildman–Crippen LogP) is -0.335. The molecule has 0 amide bonds. The van der Waals surface area contributed by atoms with Crippen molar-refractivity contribution < 1.29 is 15.3 Å². The van der Waals surface area contributed by atoms with Gasteiger partial charge >= 0.3 is 0 Å². The highest BCUT2D eigenvalue weighted by Gasteiger charge is 2.19. The molecule has 60 valence electrons. The zero-order valence-electron chi connectivity index (χ0n) is 6.07. The lowest BCUT2D eigenvalue weighted by atomic mass is 10.1. The highest BCUT2D eigenvalue weighted by Crippen LogP contribution is 2.03. The first-order valence-electron chi connectivity index (χ1n) is 3.24. The van der Waals surface area contributed by atoms with Gasteiger partial charge in [-0.15, -0.1) is 6.58 Å². The molecule has 3 N–H and O–H groups in total. The predicted molar refractivity (Wildman–Crippen MR) is 38.5 cm³/mol. The van der Waals surface area contributed by atoms with E-state index in [1.54, 1.807) is 0 Å². The summed E-state index contributed by atoms with van der Waals surface area (Å²) in [5, 5.41) is 26.8. The normalized spacial score (nSPS) is 19.6. The molecule has 10 heavy (non-hydrogen) atoms. The van der Waals surface area contributed by atoms with Crippen molar-refractivity contribution in [1.29, 1.82) is 0 Å². The molecule has 3 atom stereocenters. The number of aliphatic hydroxyl groups is 3. The van der Waals surface area contributed by atoms with Gasteiger partial charge in [-0.2, -0.15) is 0 Å². The number of hydrogen-bond donors (Lipinski definition) is 3. The number of rotatable bonds is 4. The van der Waals surface area contributed by atoms with E-state index in [1.807, 2.05) is 0 Å². The molecule has 0 bridgehead atoms. The van der Waals surface area contributed by atoms with Gasteiger partial charge in [-0.1, -0.05) is 6.08 Å². The Bertz CT molecular complexity index is 101. The molecule has 0 aromatic carbocycles. The molecular formula is C7H14O3. The Balaban J connectivity index is 3.68. The van der Waals surface area contributed by atoms with Crippen LogP contribution in [0.15, 0.2) is 12.7 Å². The summed E-state index contributed by atoms with van der Waals surface area (Å²) in [4.78, 5) is 0.